The van der Waals surface area contributed by atoms with E-state index >= 15 is 0 Å². The molecule has 0 saturated heterocycles. The lowest BCUT2D eigenvalue weighted by molar-refractivity contribution is 0.00752. The average Bonchev–Trinajstić information content (AvgIpc) is 2.73. The highest BCUT2D eigenvalue weighted by atomic mass is 32.2. The summed E-state index contributed by atoms with van der Waals surface area (Å²) in [6.45, 7) is 10.7. The van der Waals surface area contributed by atoms with E-state index in [0.29, 0.717) is 17.6 Å². The molecule has 1 heterocycles. The highest BCUT2D eigenvalue weighted by molar-refractivity contribution is 7.85. The lowest BCUT2D eigenvalue weighted by Crippen LogP contribution is -2.45. The van der Waals surface area contributed by atoms with Gasteiger partial charge in [0.1, 0.15) is 17.1 Å². The van der Waals surface area contributed by atoms with E-state index in [0.717, 1.165) is 36.1 Å². The number of hydrogen-bond donors (Lipinski definition) is 2. The number of rotatable bonds is 5. The van der Waals surface area contributed by atoms with Crippen molar-refractivity contribution in [3.8, 4) is 11.5 Å². The van der Waals surface area contributed by atoms with Crippen molar-refractivity contribution in [2.75, 3.05) is 0 Å². The first-order valence-electron chi connectivity index (χ1n) is 12.2. The Kier molecular flexibility index (Phi) is 8.14. The Morgan fingerprint density at radius 3 is 2.38 bits per heavy atom. The zero-order valence-corrected chi connectivity index (χ0v) is 21.8. The summed E-state index contributed by atoms with van der Waals surface area (Å²) >= 11 is 0. The fraction of sp³-hybridized carbons (Fsp3) is 0.500. The van der Waals surface area contributed by atoms with E-state index in [4.69, 9.17) is 9.29 Å². The summed E-state index contributed by atoms with van der Waals surface area (Å²) in [5, 5.41) is 10.7. The van der Waals surface area contributed by atoms with Gasteiger partial charge in [-0.25, -0.2) is 0 Å². The predicted octanol–water partition coefficient (Wildman–Crippen LogP) is 6.98. The van der Waals surface area contributed by atoms with E-state index in [2.05, 4.69) is 39.8 Å². The van der Waals surface area contributed by atoms with E-state index in [1.165, 1.54) is 42.5 Å². The van der Waals surface area contributed by atoms with Gasteiger partial charge < -0.3 is 9.84 Å². The molecule has 1 aliphatic heterocycles. The first-order chi connectivity index (χ1) is 15.9. The number of phenolic OH excluding ortho intramolecular Hbond substituents is 1. The molecule has 0 amide bonds. The van der Waals surface area contributed by atoms with Gasteiger partial charge in [-0.2, -0.15) is 8.42 Å². The van der Waals surface area contributed by atoms with Crippen LogP contribution in [0.1, 0.15) is 82.4 Å². The summed E-state index contributed by atoms with van der Waals surface area (Å²) in [5.74, 6) is 2.17. The smallest absolute Gasteiger partial charge is 0.294 e. The number of unbranched alkanes of at least 4 members (excludes halogenated alkanes) is 2. The summed E-state index contributed by atoms with van der Waals surface area (Å²) in [6.07, 6.45) is 9.06. The van der Waals surface area contributed by atoms with Gasteiger partial charge in [0.25, 0.3) is 10.1 Å². The monoisotopic (exact) mass is 486 g/mol. The number of aromatic hydroxyl groups is 1. The Labute approximate surface area is 204 Å². The molecule has 0 spiro atoms. The molecule has 2 unspecified atom stereocenters. The van der Waals surface area contributed by atoms with Gasteiger partial charge in [-0.3, -0.25) is 4.55 Å². The maximum Gasteiger partial charge on any atom is 0.294 e. The number of ether oxygens (including phenoxy) is 1. The van der Waals surface area contributed by atoms with Crippen molar-refractivity contribution in [1.82, 2.24) is 0 Å². The second-order valence-electron chi connectivity index (χ2n) is 10.2. The molecule has 0 aromatic heterocycles. The molecular weight excluding hydrogens is 448 g/mol. The minimum Gasteiger partial charge on any atom is -0.508 e. The molecule has 2 N–H and O–H groups in total. The molecule has 2 atom stereocenters. The van der Waals surface area contributed by atoms with Gasteiger partial charge in [-0.05, 0) is 83.2 Å². The molecule has 5 nitrogen and oxygen atoms in total. The van der Waals surface area contributed by atoms with Gasteiger partial charge >= 0.3 is 0 Å². The fourth-order valence-electron chi connectivity index (χ4n) is 5.05. The normalized spacial score (nSPS) is 20.7. The van der Waals surface area contributed by atoms with E-state index in [9.17, 15) is 13.5 Å². The van der Waals surface area contributed by atoms with Crippen LogP contribution >= 0.6 is 0 Å². The molecule has 2 aliphatic rings. The molecule has 6 heteroatoms. The van der Waals surface area contributed by atoms with E-state index in [1.807, 2.05) is 13.0 Å². The number of hydrogen-bond acceptors (Lipinski definition) is 4. The highest BCUT2D eigenvalue weighted by Crippen LogP contribution is 2.54. The van der Waals surface area contributed by atoms with Gasteiger partial charge in [0.05, 0.1) is 4.90 Å². The van der Waals surface area contributed by atoms with Crippen LogP contribution in [-0.4, -0.2) is 23.7 Å². The summed E-state index contributed by atoms with van der Waals surface area (Å²) in [6, 6.07) is 10.1. The van der Waals surface area contributed by atoms with Gasteiger partial charge in [0.15, 0.2) is 0 Å². The first kappa shape index (κ1) is 26.3. The zero-order chi connectivity index (χ0) is 25.1. The van der Waals surface area contributed by atoms with Crippen LogP contribution in [0, 0.1) is 12.8 Å². The maximum absolute atomic E-state index is 10.7. The van der Waals surface area contributed by atoms with Crippen molar-refractivity contribution in [3.63, 3.8) is 0 Å². The van der Waals surface area contributed by atoms with Crippen molar-refractivity contribution >= 4 is 10.1 Å². The lowest BCUT2D eigenvalue weighted by atomic mass is 9.67. The van der Waals surface area contributed by atoms with Crippen LogP contribution in [0.4, 0.5) is 0 Å². The molecule has 2 aromatic rings. The number of aryl methyl sites for hydroxylation is 2. The van der Waals surface area contributed by atoms with E-state index in [1.54, 1.807) is 12.1 Å². The van der Waals surface area contributed by atoms with Crippen LogP contribution < -0.4 is 4.74 Å². The van der Waals surface area contributed by atoms with Crippen LogP contribution in [0.25, 0.3) is 0 Å². The molecule has 2 aromatic carbocycles. The Hall–Kier alpha value is -2.31. The van der Waals surface area contributed by atoms with Crippen LogP contribution in [-0.2, 0) is 16.5 Å². The second-order valence-corrected chi connectivity index (χ2v) is 11.6. The van der Waals surface area contributed by atoms with Crippen LogP contribution in [0.2, 0.25) is 0 Å². The molecule has 34 heavy (non-hydrogen) atoms. The fourth-order valence-corrected chi connectivity index (χ4v) is 5.53. The summed E-state index contributed by atoms with van der Waals surface area (Å²) in [7, 11) is -4.02. The third kappa shape index (κ3) is 6.22. The van der Waals surface area contributed by atoms with Gasteiger partial charge in [-0.15, -0.1) is 0 Å². The van der Waals surface area contributed by atoms with Crippen LogP contribution in [0.15, 0.2) is 52.9 Å². The number of benzene rings is 2. The van der Waals surface area contributed by atoms with Crippen molar-refractivity contribution < 1.29 is 22.8 Å². The Balaban J connectivity index is 0.000000248. The number of fused-ring (bicyclic) bond motifs is 3. The summed E-state index contributed by atoms with van der Waals surface area (Å²) in [5.41, 5.74) is 4.45. The van der Waals surface area contributed by atoms with Crippen molar-refractivity contribution in [3.05, 3.63) is 64.7 Å². The van der Waals surface area contributed by atoms with Crippen LogP contribution in [0.5, 0.6) is 11.5 Å². The molecular formula is C28H38O5S. The van der Waals surface area contributed by atoms with E-state index in [-0.39, 0.29) is 10.5 Å². The molecule has 0 bridgehead atoms. The quantitative estimate of drug-likeness (QED) is 0.271. The van der Waals surface area contributed by atoms with Crippen molar-refractivity contribution in [2.45, 2.75) is 89.6 Å². The first-order valence-corrected chi connectivity index (χ1v) is 13.6. The standard InChI is InChI=1S/C21H30O2.C7H8O3S/c1-5-6-7-8-15-12-18(22)20-16-11-14(2)9-10-17(16)21(3,4)23-19(20)13-15;1-6-2-4-7(5-3-6)11(8,9)10/h9,12-13,16-17,22H,5-8,10-11H2,1-4H3;2-5H,1H3,(H,8,9,10). The van der Waals surface area contributed by atoms with Crippen LogP contribution in [0.3, 0.4) is 0 Å². The third-order valence-electron chi connectivity index (χ3n) is 6.95. The summed E-state index contributed by atoms with van der Waals surface area (Å²) in [4.78, 5) is -0.0666. The largest absolute Gasteiger partial charge is 0.508 e. The topological polar surface area (TPSA) is 83.8 Å². The van der Waals surface area contributed by atoms with Crippen molar-refractivity contribution in [2.24, 2.45) is 5.92 Å². The Morgan fingerprint density at radius 2 is 1.76 bits per heavy atom. The molecule has 186 valence electrons. The molecule has 0 radical (unpaired) electrons. The molecule has 0 saturated carbocycles. The summed E-state index contributed by atoms with van der Waals surface area (Å²) < 4.78 is 35.9. The molecule has 1 aliphatic carbocycles. The Morgan fingerprint density at radius 1 is 1.09 bits per heavy atom. The molecule has 0 fully saturated rings. The zero-order valence-electron chi connectivity index (χ0n) is 21.0. The average molecular weight is 487 g/mol. The SMILES string of the molecule is CCCCCc1cc(O)c2c(c1)OC(C)(C)C1CC=C(C)CC21.Cc1ccc(S(=O)(=O)O)cc1. The second kappa shape index (κ2) is 10.5. The maximum atomic E-state index is 10.7. The predicted molar refractivity (Wildman–Crippen MR) is 136 cm³/mol. The minimum absolute atomic E-state index is 0.0666. The highest BCUT2D eigenvalue weighted by Gasteiger charge is 2.45. The lowest BCUT2D eigenvalue weighted by Gasteiger charge is -2.47. The van der Waals surface area contributed by atoms with Gasteiger partial charge in [-0.1, -0.05) is 49.1 Å². The minimum atomic E-state index is -4.02. The number of allylic oxidation sites excluding steroid dienone is 2. The third-order valence-corrected chi connectivity index (χ3v) is 7.82. The Bertz CT molecular complexity index is 1130. The van der Waals surface area contributed by atoms with Gasteiger partial charge in [0.2, 0.25) is 0 Å². The van der Waals surface area contributed by atoms with Gasteiger partial charge in [0, 0.05) is 17.4 Å². The molecule has 4 rings (SSSR count). The van der Waals surface area contributed by atoms with E-state index < -0.39 is 10.1 Å². The van der Waals surface area contributed by atoms with Crippen molar-refractivity contribution in [1.29, 1.82) is 0 Å². The number of phenols is 1.